The smallest absolute Gasteiger partial charge is 0.267 e. The third-order valence-corrected chi connectivity index (χ3v) is 4.19. The molecular formula is C19H16ClN3O3. The van der Waals surface area contributed by atoms with Gasteiger partial charge in [-0.25, -0.2) is 0 Å². The van der Waals surface area contributed by atoms with Gasteiger partial charge in [0.15, 0.2) is 11.5 Å². The number of benzene rings is 2. The van der Waals surface area contributed by atoms with Gasteiger partial charge < -0.3 is 20.1 Å². The Morgan fingerprint density at radius 2 is 2.08 bits per heavy atom. The van der Waals surface area contributed by atoms with Crippen LogP contribution in [0.5, 0.6) is 11.5 Å². The molecule has 0 radical (unpaired) electrons. The quantitative estimate of drug-likeness (QED) is 0.622. The second-order valence-electron chi connectivity index (χ2n) is 5.66. The molecule has 0 saturated carbocycles. The van der Waals surface area contributed by atoms with Crippen LogP contribution in [0.25, 0.3) is 0 Å². The highest BCUT2D eigenvalue weighted by atomic mass is 35.5. The van der Waals surface area contributed by atoms with Gasteiger partial charge in [0.1, 0.15) is 11.6 Å². The maximum Gasteiger partial charge on any atom is 0.267 e. The summed E-state index contributed by atoms with van der Waals surface area (Å²) >= 11 is 6.04. The van der Waals surface area contributed by atoms with Crippen molar-refractivity contribution >= 4 is 23.2 Å². The number of ether oxygens (including phenoxy) is 2. The van der Waals surface area contributed by atoms with Gasteiger partial charge in [0.2, 0.25) is 6.79 Å². The van der Waals surface area contributed by atoms with Crippen molar-refractivity contribution in [3.05, 3.63) is 64.3 Å². The van der Waals surface area contributed by atoms with Gasteiger partial charge in [-0.2, -0.15) is 5.26 Å². The molecular weight excluding hydrogens is 354 g/mol. The highest BCUT2D eigenvalue weighted by Gasteiger charge is 2.13. The molecule has 1 heterocycles. The Labute approximate surface area is 156 Å². The molecule has 1 aliphatic heterocycles. The molecule has 0 atom stereocenters. The number of hydrogen-bond acceptors (Lipinski definition) is 5. The van der Waals surface area contributed by atoms with Gasteiger partial charge >= 0.3 is 0 Å². The third-order valence-electron chi connectivity index (χ3n) is 3.78. The van der Waals surface area contributed by atoms with Crippen LogP contribution in [0.2, 0.25) is 5.02 Å². The number of carbonyl (C=O) groups excluding carboxylic acids is 1. The van der Waals surface area contributed by atoms with Crippen molar-refractivity contribution < 1.29 is 14.3 Å². The van der Waals surface area contributed by atoms with E-state index in [0.717, 1.165) is 11.1 Å². The summed E-state index contributed by atoms with van der Waals surface area (Å²) in [5, 5.41) is 15.4. The lowest BCUT2D eigenvalue weighted by atomic mass is 10.2. The molecule has 0 aliphatic carbocycles. The lowest BCUT2D eigenvalue weighted by Crippen LogP contribution is -2.16. The fraction of sp³-hybridized carbons (Fsp3) is 0.158. The second kappa shape index (κ2) is 7.81. The summed E-state index contributed by atoms with van der Waals surface area (Å²) in [6.07, 6.45) is 1.38. The van der Waals surface area contributed by atoms with Crippen LogP contribution < -0.4 is 20.1 Å². The fourth-order valence-electron chi connectivity index (χ4n) is 2.34. The number of rotatable bonds is 5. The van der Waals surface area contributed by atoms with E-state index in [-0.39, 0.29) is 12.4 Å². The minimum absolute atomic E-state index is 0.0394. The zero-order valence-corrected chi connectivity index (χ0v) is 14.8. The SMILES string of the molecule is Cc1ccc(NC(=O)/C(C#N)=C\NCc2ccc3c(c2)OCO3)cc1Cl. The van der Waals surface area contributed by atoms with Crippen molar-refractivity contribution in [2.45, 2.75) is 13.5 Å². The molecule has 7 heteroatoms. The molecule has 0 saturated heterocycles. The maximum atomic E-state index is 12.2. The Bertz CT molecular complexity index is 919. The van der Waals surface area contributed by atoms with E-state index in [4.69, 9.17) is 21.1 Å². The van der Waals surface area contributed by atoms with Crippen LogP contribution in [0, 0.1) is 18.3 Å². The molecule has 3 rings (SSSR count). The van der Waals surface area contributed by atoms with E-state index < -0.39 is 5.91 Å². The predicted molar refractivity (Wildman–Crippen MR) is 97.9 cm³/mol. The summed E-state index contributed by atoms with van der Waals surface area (Å²) in [6.45, 7) is 2.52. The summed E-state index contributed by atoms with van der Waals surface area (Å²) < 4.78 is 10.6. The standard InChI is InChI=1S/C19H16ClN3O3/c1-12-2-4-15(7-16(12)20)23-19(24)14(8-21)10-22-9-13-3-5-17-18(6-13)26-11-25-17/h2-7,10,22H,9,11H2,1H3,(H,23,24)/b14-10-. The summed E-state index contributed by atoms with van der Waals surface area (Å²) in [6, 6.07) is 12.6. The van der Waals surface area contributed by atoms with Crippen molar-refractivity contribution in [2.24, 2.45) is 0 Å². The molecule has 132 valence electrons. The van der Waals surface area contributed by atoms with Gasteiger partial charge in [0.05, 0.1) is 0 Å². The number of halogens is 1. The Morgan fingerprint density at radius 1 is 1.27 bits per heavy atom. The number of nitrogens with zero attached hydrogens (tertiary/aromatic N) is 1. The van der Waals surface area contributed by atoms with Crippen LogP contribution in [0.4, 0.5) is 5.69 Å². The molecule has 0 spiro atoms. The van der Waals surface area contributed by atoms with Crippen LogP contribution in [0.1, 0.15) is 11.1 Å². The predicted octanol–water partition coefficient (Wildman–Crippen LogP) is 3.51. The first-order valence-corrected chi connectivity index (χ1v) is 8.24. The molecule has 0 aromatic heterocycles. The van der Waals surface area contributed by atoms with Crippen molar-refractivity contribution in [2.75, 3.05) is 12.1 Å². The monoisotopic (exact) mass is 369 g/mol. The molecule has 0 unspecified atom stereocenters. The number of nitrogens with one attached hydrogen (secondary N) is 2. The maximum absolute atomic E-state index is 12.2. The largest absolute Gasteiger partial charge is 0.454 e. The average molecular weight is 370 g/mol. The lowest BCUT2D eigenvalue weighted by molar-refractivity contribution is -0.112. The molecule has 6 nitrogen and oxygen atoms in total. The van der Waals surface area contributed by atoms with Crippen LogP contribution in [-0.4, -0.2) is 12.7 Å². The molecule has 1 amide bonds. The second-order valence-corrected chi connectivity index (χ2v) is 6.06. The Kier molecular flexibility index (Phi) is 5.30. The van der Waals surface area contributed by atoms with E-state index in [1.54, 1.807) is 18.2 Å². The minimum Gasteiger partial charge on any atom is -0.454 e. The van der Waals surface area contributed by atoms with E-state index in [1.807, 2.05) is 31.2 Å². The average Bonchev–Trinajstić information content (AvgIpc) is 3.09. The molecule has 2 aromatic carbocycles. The van der Waals surface area contributed by atoms with E-state index in [1.165, 1.54) is 6.20 Å². The lowest BCUT2D eigenvalue weighted by Gasteiger charge is -2.07. The Hall–Kier alpha value is -3.17. The van der Waals surface area contributed by atoms with Gasteiger partial charge in [-0.1, -0.05) is 23.7 Å². The van der Waals surface area contributed by atoms with Gasteiger partial charge in [-0.3, -0.25) is 4.79 Å². The van der Waals surface area contributed by atoms with Crippen LogP contribution in [0.15, 0.2) is 48.2 Å². The minimum atomic E-state index is -0.509. The van der Waals surface area contributed by atoms with Crippen LogP contribution in [-0.2, 0) is 11.3 Å². The fourth-order valence-corrected chi connectivity index (χ4v) is 2.52. The van der Waals surface area contributed by atoms with Crippen molar-refractivity contribution in [3.8, 4) is 17.6 Å². The molecule has 0 bridgehead atoms. The van der Waals surface area contributed by atoms with Gasteiger partial charge in [-0.15, -0.1) is 0 Å². The van der Waals surface area contributed by atoms with Crippen LogP contribution in [0.3, 0.4) is 0 Å². The van der Waals surface area contributed by atoms with Gasteiger partial charge in [0.25, 0.3) is 5.91 Å². The number of fused-ring (bicyclic) bond motifs is 1. The normalized spacial score (nSPS) is 12.4. The zero-order valence-electron chi connectivity index (χ0n) is 14.0. The Balaban J connectivity index is 1.61. The molecule has 2 N–H and O–H groups in total. The zero-order chi connectivity index (χ0) is 18.5. The summed E-state index contributed by atoms with van der Waals surface area (Å²) in [5.74, 6) is 0.881. The number of nitriles is 1. The van der Waals surface area contributed by atoms with Crippen molar-refractivity contribution in [3.63, 3.8) is 0 Å². The summed E-state index contributed by atoms with van der Waals surface area (Å²) in [4.78, 5) is 12.2. The Morgan fingerprint density at radius 3 is 2.85 bits per heavy atom. The summed E-state index contributed by atoms with van der Waals surface area (Å²) in [5.41, 5.74) is 2.34. The van der Waals surface area contributed by atoms with Crippen LogP contribution >= 0.6 is 11.6 Å². The third kappa shape index (κ3) is 4.08. The first-order valence-electron chi connectivity index (χ1n) is 7.86. The number of carbonyl (C=O) groups is 1. The number of hydrogen-bond donors (Lipinski definition) is 2. The highest BCUT2D eigenvalue weighted by Crippen LogP contribution is 2.32. The first kappa shape index (κ1) is 17.6. The van der Waals surface area contributed by atoms with Gasteiger partial charge in [-0.05, 0) is 42.3 Å². The highest BCUT2D eigenvalue weighted by molar-refractivity contribution is 6.31. The number of anilines is 1. The van der Waals surface area contributed by atoms with Crippen molar-refractivity contribution in [1.29, 1.82) is 5.26 Å². The number of amides is 1. The molecule has 26 heavy (non-hydrogen) atoms. The number of aryl methyl sites for hydroxylation is 1. The molecule has 1 aliphatic rings. The molecule has 2 aromatic rings. The van der Waals surface area contributed by atoms with E-state index in [9.17, 15) is 10.1 Å². The summed E-state index contributed by atoms with van der Waals surface area (Å²) in [7, 11) is 0. The van der Waals surface area contributed by atoms with E-state index in [0.29, 0.717) is 28.8 Å². The van der Waals surface area contributed by atoms with Crippen molar-refractivity contribution in [1.82, 2.24) is 5.32 Å². The first-order chi connectivity index (χ1) is 12.6. The van der Waals surface area contributed by atoms with E-state index >= 15 is 0 Å². The van der Waals surface area contributed by atoms with E-state index in [2.05, 4.69) is 10.6 Å². The molecule has 0 fully saturated rings. The van der Waals surface area contributed by atoms with Gasteiger partial charge in [0, 0.05) is 23.5 Å². The topological polar surface area (TPSA) is 83.4 Å².